The van der Waals surface area contributed by atoms with Crippen LogP contribution in [0.2, 0.25) is 0 Å². The van der Waals surface area contributed by atoms with Gasteiger partial charge in [0.05, 0.1) is 12.8 Å². The first-order valence-electron chi connectivity index (χ1n) is 8.64. The molecule has 0 spiro atoms. The highest BCUT2D eigenvalue weighted by Crippen LogP contribution is 2.35. The Balaban J connectivity index is 2.04. The van der Waals surface area contributed by atoms with E-state index in [0.29, 0.717) is 29.1 Å². The van der Waals surface area contributed by atoms with Gasteiger partial charge in [-0.15, -0.1) is 0 Å². The van der Waals surface area contributed by atoms with Crippen LogP contribution in [0.3, 0.4) is 0 Å². The minimum Gasteiger partial charge on any atom is -0.497 e. The maximum absolute atomic E-state index is 13.7. The quantitative estimate of drug-likeness (QED) is 0.875. The van der Waals surface area contributed by atoms with Crippen LogP contribution in [0.1, 0.15) is 12.8 Å². The molecule has 2 aromatic carbocycles. The molecule has 1 fully saturated rings. The van der Waals surface area contributed by atoms with Gasteiger partial charge in [0, 0.05) is 18.2 Å². The standard InChI is InChI=1S/C20H23FN2O3/c1-22-10-4-7-16(22)13-23(20(24)25)19-9-8-17(26-2)12-18(19)14-5-3-6-15(21)11-14/h3,5-6,8-9,11-12,16H,4,7,10,13H2,1-2H3,(H,24,25). The molecule has 1 amide bonds. The molecule has 6 heteroatoms. The summed E-state index contributed by atoms with van der Waals surface area (Å²) in [7, 11) is 3.56. The number of benzene rings is 2. The molecule has 26 heavy (non-hydrogen) atoms. The van der Waals surface area contributed by atoms with Gasteiger partial charge in [-0.1, -0.05) is 12.1 Å². The van der Waals surface area contributed by atoms with Crippen molar-refractivity contribution in [1.29, 1.82) is 0 Å². The summed E-state index contributed by atoms with van der Waals surface area (Å²) < 4.78 is 19.0. The van der Waals surface area contributed by atoms with Crippen LogP contribution in [0.5, 0.6) is 5.75 Å². The smallest absolute Gasteiger partial charge is 0.411 e. The molecule has 1 aliphatic heterocycles. The van der Waals surface area contributed by atoms with E-state index in [-0.39, 0.29) is 11.9 Å². The SMILES string of the molecule is COc1ccc(N(CC2CCCN2C)C(=O)O)c(-c2cccc(F)c2)c1. The summed E-state index contributed by atoms with van der Waals surface area (Å²) in [5.41, 5.74) is 1.78. The molecule has 0 saturated carbocycles. The molecule has 1 atom stereocenters. The van der Waals surface area contributed by atoms with E-state index in [0.717, 1.165) is 19.4 Å². The predicted octanol–water partition coefficient (Wildman–Crippen LogP) is 4.08. The Morgan fingerprint density at radius 1 is 1.35 bits per heavy atom. The summed E-state index contributed by atoms with van der Waals surface area (Å²) in [5.74, 6) is 0.227. The average molecular weight is 358 g/mol. The van der Waals surface area contributed by atoms with Crippen LogP contribution in [0.25, 0.3) is 11.1 Å². The van der Waals surface area contributed by atoms with Crippen LogP contribution < -0.4 is 9.64 Å². The molecular weight excluding hydrogens is 335 g/mol. The van der Waals surface area contributed by atoms with Crippen molar-refractivity contribution in [2.24, 2.45) is 0 Å². The third kappa shape index (κ3) is 3.80. The van der Waals surface area contributed by atoms with Gasteiger partial charge in [-0.2, -0.15) is 0 Å². The van der Waals surface area contributed by atoms with Crippen LogP contribution in [0, 0.1) is 5.82 Å². The molecule has 1 heterocycles. The molecule has 1 unspecified atom stereocenters. The topological polar surface area (TPSA) is 53.0 Å². The lowest BCUT2D eigenvalue weighted by atomic mass is 10.0. The maximum atomic E-state index is 13.7. The minimum atomic E-state index is -1.02. The van der Waals surface area contributed by atoms with Gasteiger partial charge in [-0.05, 0) is 62.3 Å². The Labute approximate surface area is 152 Å². The number of likely N-dealkylation sites (tertiary alicyclic amines) is 1. The first-order chi connectivity index (χ1) is 12.5. The van der Waals surface area contributed by atoms with E-state index in [9.17, 15) is 14.3 Å². The number of anilines is 1. The number of halogens is 1. The van der Waals surface area contributed by atoms with Gasteiger partial charge in [0.1, 0.15) is 11.6 Å². The van der Waals surface area contributed by atoms with E-state index >= 15 is 0 Å². The summed E-state index contributed by atoms with van der Waals surface area (Å²) in [6, 6.07) is 11.5. The van der Waals surface area contributed by atoms with Gasteiger partial charge in [0.25, 0.3) is 0 Å². The van der Waals surface area contributed by atoms with Crippen molar-refractivity contribution in [3.63, 3.8) is 0 Å². The highest BCUT2D eigenvalue weighted by atomic mass is 19.1. The summed E-state index contributed by atoms with van der Waals surface area (Å²) in [6.07, 6.45) is 1.01. The van der Waals surface area contributed by atoms with Crippen molar-refractivity contribution in [3.05, 3.63) is 48.3 Å². The maximum Gasteiger partial charge on any atom is 0.411 e. The molecule has 138 valence electrons. The van der Waals surface area contributed by atoms with E-state index in [4.69, 9.17) is 4.74 Å². The van der Waals surface area contributed by atoms with Crippen LogP contribution >= 0.6 is 0 Å². The molecule has 1 N–H and O–H groups in total. The van der Waals surface area contributed by atoms with E-state index in [1.54, 1.807) is 37.4 Å². The fourth-order valence-electron chi connectivity index (χ4n) is 3.46. The fraction of sp³-hybridized carbons (Fsp3) is 0.350. The number of hydrogen-bond acceptors (Lipinski definition) is 3. The van der Waals surface area contributed by atoms with Crippen LogP contribution in [-0.2, 0) is 0 Å². The highest BCUT2D eigenvalue weighted by Gasteiger charge is 2.28. The van der Waals surface area contributed by atoms with Gasteiger partial charge in [0.15, 0.2) is 0 Å². The zero-order chi connectivity index (χ0) is 18.7. The number of ether oxygens (including phenoxy) is 1. The predicted molar refractivity (Wildman–Crippen MR) is 99.4 cm³/mol. The van der Waals surface area contributed by atoms with Crippen molar-refractivity contribution >= 4 is 11.8 Å². The zero-order valence-corrected chi connectivity index (χ0v) is 15.0. The normalized spacial score (nSPS) is 17.3. The molecule has 1 aliphatic rings. The lowest BCUT2D eigenvalue weighted by Crippen LogP contribution is -2.41. The summed E-state index contributed by atoms with van der Waals surface area (Å²) in [6.45, 7) is 1.35. The lowest BCUT2D eigenvalue weighted by molar-refractivity contribution is 0.198. The second-order valence-corrected chi connectivity index (χ2v) is 6.56. The third-order valence-corrected chi connectivity index (χ3v) is 4.93. The van der Waals surface area contributed by atoms with Gasteiger partial charge in [-0.3, -0.25) is 4.90 Å². The van der Waals surface area contributed by atoms with Crippen molar-refractivity contribution in [2.45, 2.75) is 18.9 Å². The van der Waals surface area contributed by atoms with Crippen molar-refractivity contribution < 1.29 is 19.0 Å². The molecule has 3 rings (SSSR count). The number of hydrogen-bond donors (Lipinski definition) is 1. The number of rotatable bonds is 5. The van der Waals surface area contributed by atoms with Crippen molar-refractivity contribution in [3.8, 4) is 16.9 Å². The first kappa shape index (κ1) is 18.2. The monoisotopic (exact) mass is 358 g/mol. The van der Waals surface area contributed by atoms with Crippen LogP contribution in [0.4, 0.5) is 14.9 Å². The van der Waals surface area contributed by atoms with Crippen LogP contribution in [-0.4, -0.2) is 49.4 Å². The van der Waals surface area contributed by atoms with E-state index < -0.39 is 6.09 Å². The second kappa shape index (κ2) is 7.74. The number of amides is 1. The number of carboxylic acid groups (broad SMARTS) is 1. The first-order valence-corrected chi connectivity index (χ1v) is 8.64. The summed E-state index contributed by atoms with van der Waals surface area (Å²) in [4.78, 5) is 15.5. The molecular formula is C20H23FN2O3. The molecule has 5 nitrogen and oxygen atoms in total. The largest absolute Gasteiger partial charge is 0.497 e. The van der Waals surface area contributed by atoms with E-state index in [1.165, 1.54) is 17.0 Å². The van der Waals surface area contributed by atoms with Gasteiger partial charge < -0.3 is 14.7 Å². The third-order valence-electron chi connectivity index (χ3n) is 4.93. The Morgan fingerprint density at radius 3 is 2.77 bits per heavy atom. The fourth-order valence-corrected chi connectivity index (χ4v) is 3.46. The molecule has 1 saturated heterocycles. The molecule has 0 aromatic heterocycles. The Hall–Kier alpha value is -2.60. The lowest BCUT2D eigenvalue weighted by Gasteiger charge is -2.28. The van der Waals surface area contributed by atoms with Gasteiger partial charge >= 0.3 is 6.09 Å². The molecule has 2 aromatic rings. The van der Waals surface area contributed by atoms with E-state index in [1.807, 2.05) is 7.05 Å². The zero-order valence-electron chi connectivity index (χ0n) is 15.0. The summed E-state index contributed by atoms with van der Waals surface area (Å²) >= 11 is 0. The Kier molecular flexibility index (Phi) is 5.42. The number of nitrogens with zero attached hydrogens (tertiary/aromatic N) is 2. The average Bonchev–Trinajstić information content (AvgIpc) is 3.04. The number of likely N-dealkylation sites (N-methyl/N-ethyl adjacent to an activating group) is 1. The second-order valence-electron chi connectivity index (χ2n) is 6.56. The Bertz CT molecular complexity index is 796. The summed E-state index contributed by atoms with van der Waals surface area (Å²) in [5, 5.41) is 9.83. The number of methoxy groups -OCH3 is 1. The van der Waals surface area contributed by atoms with Gasteiger partial charge in [-0.25, -0.2) is 9.18 Å². The van der Waals surface area contributed by atoms with Crippen molar-refractivity contribution in [2.75, 3.05) is 32.1 Å². The van der Waals surface area contributed by atoms with Crippen molar-refractivity contribution in [1.82, 2.24) is 4.90 Å². The Morgan fingerprint density at radius 2 is 2.15 bits per heavy atom. The molecule has 0 aliphatic carbocycles. The number of carbonyl (C=O) groups is 1. The van der Waals surface area contributed by atoms with Gasteiger partial charge in [0.2, 0.25) is 0 Å². The van der Waals surface area contributed by atoms with Crippen LogP contribution in [0.15, 0.2) is 42.5 Å². The minimum absolute atomic E-state index is 0.175. The highest BCUT2D eigenvalue weighted by molar-refractivity contribution is 5.93. The molecule has 0 radical (unpaired) electrons. The molecule has 0 bridgehead atoms. The van der Waals surface area contributed by atoms with E-state index in [2.05, 4.69) is 4.90 Å².